The summed E-state index contributed by atoms with van der Waals surface area (Å²) in [5.74, 6) is 2.06. The monoisotopic (exact) mass is 370 g/mol. The molecule has 0 radical (unpaired) electrons. The van der Waals surface area contributed by atoms with E-state index < -0.39 is 0 Å². The molecule has 1 aliphatic heterocycles. The quantitative estimate of drug-likeness (QED) is 0.828. The molecule has 2 aliphatic rings. The van der Waals surface area contributed by atoms with E-state index in [-0.39, 0.29) is 11.8 Å². The number of carbonyl (C=O) groups is 1. The number of carbonyl (C=O) groups excluding carboxylic acids is 1. The minimum Gasteiger partial charge on any atom is -0.494 e. The van der Waals surface area contributed by atoms with E-state index in [0.717, 1.165) is 29.0 Å². The Bertz CT molecular complexity index is 872. The number of nitrogens with zero attached hydrogens (tertiary/aromatic N) is 3. The Morgan fingerprint density at radius 2 is 2.08 bits per heavy atom. The smallest absolute Gasteiger partial charge is 0.227 e. The van der Waals surface area contributed by atoms with Gasteiger partial charge in [0.05, 0.1) is 6.61 Å². The lowest BCUT2D eigenvalue weighted by molar-refractivity contribution is -0.117. The maximum absolute atomic E-state index is 12.9. The molecule has 1 N–H and O–H groups in total. The summed E-state index contributed by atoms with van der Waals surface area (Å²) >= 11 is 1.50. The Labute approximate surface area is 157 Å². The van der Waals surface area contributed by atoms with Crippen LogP contribution >= 0.6 is 11.8 Å². The number of hydrogen-bond donors (Lipinski definition) is 1. The Hall–Kier alpha value is -2.28. The van der Waals surface area contributed by atoms with Crippen molar-refractivity contribution in [1.82, 2.24) is 14.8 Å². The number of anilines is 1. The number of thioether (sulfide) groups is 1. The van der Waals surface area contributed by atoms with Crippen LogP contribution in [-0.2, 0) is 4.79 Å². The number of benzene rings is 1. The molecule has 136 valence electrons. The number of rotatable bonds is 4. The maximum atomic E-state index is 12.9. The summed E-state index contributed by atoms with van der Waals surface area (Å²) in [6.45, 7) is 4.70. The number of Topliss-reactive ketones (excluding diaryl/α,β-unsaturated/α-hetero) is 1. The highest BCUT2D eigenvalue weighted by Gasteiger charge is 2.38. The number of allylic oxidation sites excluding steroid dienone is 2. The summed E-state index contributed by atoms with van der Waals surface area (Å²) < 4.78 is 7.39. The van der Waals surface area contributed by atoms with Crippen molar-refractivity contribution in [2.45, 2.75) is 37.9 Å². The van der Waals surface area contributed by atoms with Crippen molar-refractivity contribution in [2.24, 2.45) is 5.92 Å². The summed E-state index contributed by atoms with van der Waals surface area (Å²) in [6.07, 6.45) is 3.39. The normalized spacial score (nSPS) is 21.9. The molecule has 6 nitrogen and oxygen atoms in total. The second kappa shape index (κ2) is 6.79. The third-order valence-corrected chi connectivity index (χ3v) is 5.33. The van der Waals surface area contributed by atoms with Gasteiger partial charge in [-0.1, -0.05) is 30.8 Å². The topological polar surface area (TPSA) is 69.0 Å². The molecule has 1 aromatic heterocycles. The fourth-order valence-corrected chi connectivity index (χ4v) is 4.04. The van der Waals surface area contributed by atoms with Gasteiger partial charge in [0.15, 0.2) is 5.78 Å². The van der Waals surface area contributed by atoms with Crippen LogP contribution in [0.5, 0.6) is 5.75 Å². The van der Waals surface area contributed by atoms with Gasteiger partial charge in [0.2, 0.25) is 11.1 Å². The second-order valence-electron chi connectivity index (χ2n) is 6.73. The molecule has 0 unspecified atom stereocenters. The molecule has 0 bridgehead atoms. The largest absolute Gasteiger partial charge is 0.494 e. The van der Waals surface area contributed by atoms with Crippen LogP contribution in [0.3, 0.4) is 0 Å². The van der Waals surface area contributed by atoms with Crippen molar-refractivity contribution in [1.29, 1.82) is 0 Å². The van der Waals surface area contributed by atoms with Crippen molar-refractivity contribution in [3.8, 4) is 5.75 Å². The van der Waals surface area contributed by atoms with Gasteiger partial charge >= 0.3 is 0 Å². The van der Waals surface area contributed by atoms with Gasteiger partial charge in [-0.05, 0) is 43.2 Å². The molecule has 7 heteroatoms. The van der Waals surface area contributed by atoms with Crippen LogP contribution in [0.1, 0.15) is 38.3 Å². The van der Waals surface area contributed by atoms with Crippen LogP contribution in [0.4, 0.5) is 5.95 Å². The molecule has 2 atom stereocenters. The lowest BCUT2D eigenvalue weighted by Crippen LogP contribution is -2.33. The number of hydrogen-bond acceptors (Lipinski definition) is 6. The van der Waals surface area contributed by atoms with Crippen molar-refractivity contribution in [2.75, 3.05) is 18.2 Å². The fourth-order valence-electron chi connectivity index (χ4n) is 3.69. The zero-order valence-corrected chi connectivity index (χ0v) is 16.0. The van der Waals surface area contributed by atoms with Gasteiger partial charge in [0.1, 0.15) is 11.8 Å². The van der Waals surface area contributed by atoms with Gasteiger partial charge in [-0.2, -0.15) is 4.98 Å². The zero-order valence-electron chi connectivity index (χ0n) is 15.2. The molecule has 0 fully saturated rings. The molecule has 2 aromatic rings. The van der Waals surface area contributed by atoms with Gasteiger partial charge < -0.3 is 10.1 Å². The van der Waals surface area contributed by atoms with E-state index in [1.807, 2.05) is 42.1 Å². The average Bonchev–Trinajstić information content (AvgIpc) is 3.03. The van der Waals surface area contributed by atoms with Crippen molar-refractivity contribution >= 4 is 23.5 Å². The Balaban J connectivity index is 1.82. The summed E-state index contributed by atoms with van der Waals surface area (Å²) in [5.41, 5.74) is 2.82. The summed E-state index contributed by atoms with van der Waals surface area (Å²) in [7, 11) is 0. The first kappa shape index (κ1) is 17.1. The first-order chi connectivity index (χ1) is 12.6. The molecule has 0 saturated carbocycles. The molecule has 0 spiro atoms. The van der Waals surface area contributed by atoms with E-state index in [9.17, 15) is 4.79 Å². The van der Waals surface area contributed by atoms with Gasteiger partial charge in [-0.25, -0.2) is 4.68 Å². The minimum absolute atomic E-state index is 0.192. The van der Waals surface area contributed by atoms with Crippen LogP contribution in [-0.4, -0.2) is 33.4 Å². The lowest BCUT2D eigenvalue weighted by Gasteiger charge is -2.34. The molecule has 4 rings (SSSR count). The fraction of sp³-hybridized carbons (Fsp3) is 0.421. The van der Waals surface area contributed by atoms with Crippen LogP contribution in [0.15, 0.2) is 40.7 Å². The van der Waals surface area contributed by atoms with E-state index in [0.29, 0.717) is 30.1 Å². The predicted octanol–water partition coefficient (Wildman–Crippen LogP) is 3.67. The first-order valence-electron chi connectivity index (χ1n) is 8.87. The highest BCUT2D eigenvalue weighted by molar-refractivity contribution is 7.98. The Morgan fingerprint density at radius 3 is 2.77 bits per heavy atom. The van der Waals surface area contributed by atoms with Crippen LogP contribution < -0.4 is 10.1 Å². The molecule has 0 saturated heterocycles. The minimum atomic E-state index is -0.245. The van der Waals surface area contributed by atoms with Crippen molar-refractivity contribution < 1.29 is 9.53 Å². The number of ketones is 1. The highest BCUT2D eigenvalue weighted by Crippen LogP contribution is 2.41. The predicted molar refractivity (Wildman–Crippen MR) is 102 cm³/mol. The number of ether oxygens (including phenoxy) is 1. The standard InChI is InChI=1S/C19H22N4O2S/c1-4-25-13-7-5-12(6-8-13)17-16-14(9-11(2)10-15(16)24)20-18-21-19(26-3)22-23(17)18/h5-8,11,17H,4,9-10H2,1-3H3,(H,20,21,22)/t11-,17-/m1/s1. The third-order valence-electron chi connectivity index (χ3n) is 4.79. The summed E-state index contributed by atoms with van der Waals surface area (Å²) in [5, 5.41) is 8.67. The van der Waals surface area contributed by atoms with Crippen molar-refractivity contribution in [3.05, 3.63) is 41.1 Å². The van der Waals surface area contributed by atoms with Crippen LogP contribution in [0.2, 0.25) is 0 Å². The Morgan fingerprint density at radius 1 is 1.31 bits per heavy atom. The van der Waals surface area contributed by atoms with E-state index in [2.05, 4.69) is 22.3 Å². The molecule has 1 aromatic carbocycles. The zero-order chi connectivity index (χ0) is 18.3. The summed E-state index contributed by atoms with van der Waals surface area (Å²) in [6, 6.07) is 7.68. The van der Waals surface area contributed by atoms with Crippen LogP contribution in [0, 0.1) is 5.92 Å². The molecule has 26 heavy (non-hydrogen) atoms. The number of fused-ring (bicyclic) bond motifs is 1. The molecule has 2 heterocycles. The van der Waals surface area contributed by atoms with Gasteiger partial charge in [-0.3, -0.25) is 4.79 Å². The van der Waals surface area contributed by atoms with E-state index in [1.165, 1.54) is 11.8 Å². The van der Waals surface area contributed by atoms with E-state index in [1.54, 1.807) is 0 Å². The lowest BCUT2D eigenvalue weighted by atomic mass is 9.81. The molecular weight excluding hydrogens is 348 g/mol. The van der Waals surface area contributed by atoms with Crippen LogP contribution in [0.25, 0.3) is 0 Å². The maximum Gasteiger partial charge on any atom is 0.227 e. The second-order valence-corrected chi connectivity index (χ2v) is 7.50. The number of nitrogens with one attached hydrogen (secondary N) is 1. The highest BCUT2D eigenvalue weighted by atomic mass is 32.2. The van der Waals surface area contributed by atoms with Gasteiger partial charge in [-0.15, -0.1) is 5.10 Å². The summed E-state index contributed by atoms with van der Waals surface area (Å²) in [4.78, 5) is 17.5. The van der Waals surface area contributed by atoms with Gasteiger partial charge in [0.25, 0.3) is 0 Å². The van der Waals surface area contributed by atoms with Gasteiger partial charge in [0, 0.05) is 17.7 Å². The molecule has 1 aliphatic carbocycles. The average molecular weight is 370 g/mol. The van der Waals surface area contributed by atoms with Crippen molar-refractivity contribution in [3.63, 3.8) is 0 Å². The first-order valence-corrected chi connectivity index (χ1v) is 10.1. The Kier molecular flexibility index (Phi) is 4.48. The molecule has 0 amide bonds. The number of aromatic nitrogens is 3. The van der Waals surface area contributed by atoms with E-state index >= 15 is 0 Å². The third kappa shape index (κ3) is 2.90. The van der Waals surface area contributed by atoms with E-state index in [4.69, 9.17) is 4.74 Å². The molecular formula is C19H22N4O2S. The SMILES string of the molecule is CCOc1ccc([C@@H]2C3=C(C[C@@H](C)CC3=O)Nc3nc(SC)nn32)cc1.